The first-order valence-corrected chi connectivity index (χ1v) is 5.49. The van der Waals surface area contributed by atoms with Crippen LogP contribution in [0.25, 0.3) is 11.1 Å². The first kappa shape index (κ1) is 10.0. The van der Waals surface area contributed by atoms with Gasteiger partial charge in [0.05, 0.1) is 4.90 Å². The molecule has 0 saturated heterocycles. The lowest BCUT2D eigenvalue weighted by Crippen LogP contribution is -1.88. The van der Waals surface area contributed by atoms with Crippen LogP contribution in [0.5, 0.6) is 0 Å². The summed E-state index contributed by atoms with van der Waals surface area (Å²) in [7, 11) is 0. The molecule has 1 N–H and O–H groups in total. The molecule has 0 radical (unpaired) electrons. The third-order valence-electron chi connectivity index (χ3n) is 2.05. The highest BCUT2D eigenvalue weighted by Crippen LogP contribution is 2.20. The first-order chi connectivity index (χ1) is 7.27. The molecule has 0 saturated carbocycles. The number of pyridine rings is 1. The number of aromatic nitrogens is 1. The van der Waals surface area contributed by atoms with Gasteiger partial charge in [0.2, 0.25) is 0 Å². The lowest BCUT2D eigenvalue weighted by molar-refractivity contribution is 0.564. The number of benzene rings is 1. The van der Waals surface area contributed by atoms with Gasteiger partial charge in [-0.3, -0.25) is 4.98 Å². The second-order valence-electron chi connectivity index (χ2n) is 3.01. The van der Waals surface area contributed by atoms with Crippen LogP contribution in [0.3, 0.4) is 0 Å². The van der Waals surface area contributed by atoms with E-state index in [1.807, 2.05) is 18.2 Å². The molecule has 0 aliphatic carbocycles. The van der Waals surface area contributed by atoms with Gasteiger partial charge in [0, 0.05) is 12.4 Å². The predicted molar refractivity (Wildman–Crippen MR) is 58.7 cm³/mol. The molecule has 76 valence electrons. The van der Waals surface area contributed by atoms with Gasteiger partial charge in [0.25, 0.3) is 0 Å². The van der Waals surface area contributed by atoms with Crippen LogP contribution in [0, 0.1) is 0 Å². The van der Waals surface area contributed by atoms with E-state index in [9.17, 15) is 4.21 Å². The molecule has 4 heteroatoms. The van der Waals surface area contributed by atoms with Crippen LogP contribution < -0.4 is 0 Å². The van der Waals surface area contributed by atoms with Gasteiger partial charge >= 0.3 is 0 Å². The minimum absolute atomic E-state index is 0.407. The molecule has 0 aliphatic rings. The molecule has 15 heavy (non-hydrogen) atoms. The summed E-state index contributed by atoms with van der Waals surface area (Å²) in [6.45, 7) is 0. The summed E-state index contributed by atoms with van der Waals surface area (Å²) in [4.78, 5) is 4.33. The van der Waals surface area contributed by atoms with E-state index in [1.54, 1.807) is 30.6 Å². The smallest absolute Gasteiger partial charge is 0.186 e. The van der Waals surface area contributed by atoms with Crippen molar-refractivity contribution in [3.05, 3.63) is 48.8 Å². The fourth-order valence-corrected chi connectivity index (χ4v) is 1.75. The highest BCUT2D eigenvalue weighted by molar-refractivity contribution is 7.79. The van der Waals surface area contributed by atoms with E-state index in [-0.39, 0.29) is 0 Å². The lowest BCUT2D eigenvalue weighted by atomic mass is 10.1. The van der Waals surface area contributed by atoms with Crippen LogP contribution in [0.1, 0.15) is 0 Å². The van der Waals surface area contributed by atoms with E-state index in [4.69, 9.17) is 4.55 Å². The molecule has 0 amide bonds. The average Bonchev–Trinajstić information content (AvgIpc) is 2.30. The van der Waals surface area contributed by atoms with E-state index in [2.05, 4.69) is 4.98 Å². The zero-order valence-corrected chi connectivity index (χ0v) is 8.65. The van der Waals surface area contributed by atoms with E-state index in [0.717, 1.165) is 11.1 Å². The summed E-state index contributed by atoms with van der Waals surface area (Å²) in [5, 5.41) is 0. The van der Waals surface area contributed by atoms with Crippen molar-refractivity contribution >= 4 is 11.1 Å². The quantitative estimate of drug-likeness (QED) is 0.789. The van der Waals surface area contributed by atoms with Crippen molar-refractivity contribution in [3.8, 4) is 11.1 Å². The Bertz CT molecular complexity index is 485. The third kappa shape index (κ3) is 2.29. The van der Waals surface area contributed by atoms with Crippen molar-refractivity contribution in [2.24, 2.45) is 0 Å². The Labute approximate surface area is 90.1 Å². The normalized spacial score (nSPS) is 12.3. The molecule has 1 atom stereocenters. The maximum absolute atomic E-state index is 10.9. The summed E-state index contributed by atoms with van der Waals surface area (Å²) in [5.74, 6) is 0. The van der Waals surface area contributed by atoms with Crippen LogP contribution >= 0.6 is 0 Å². The lowest BCUT2D eigenvalue weighted by Gasteiger charge is -2.02. The molecule has 2 rings (SSSR count). The summed E-state index contributed by atoms with van der Waals surface area (Å²) in [6.07, 6.45) is 3.38. The molecular weight excluding hydrogens is 210 g/mol. The molecule has 1 heterocycles. The molecular formula is C11H9NO2S. The third-order valence-corrected chi connectivity index (χ3v) is 2.71. The summed E-state index contributed by atoms with van der Waals surface area (Å²) in [5.41, 5.74) is 1.90. The minimum Gasteiger partial charge on any atom is -0.302 e. The molecule has 0 spiro atoms. The minimum atomic E-state index is -1.93. The second kappa shape index (κ2) is 4.33. The Morgan fingerprint density at radius 1 is 1.07 bits per heavy atom. The SMILES string of the molecule is O=S(O)c1cccc(-c2ccncc2)c1. The standard InChI is InChI=1S/C11H9NO2S/c13-15(14)11-3-1-2-10(8-11)9-4-6-12-7-5-9/h1-8H,(H,13,14). The van der Waals surface area contributed by atoms with Gasteiger partial charge in [-0.1, -0.05) is 12.1 Å². The van der Waals surface area contributed by atoms with E-state index in [1.165, 1.54) is 0 Å². The highest BCUT2D eigenvalue weighted by atomic mass is 32.2. The Morgan fingerprint density at radius 2 is 1.80 bits per heavy atom. The zero-order chi connectivity index (χ0) is 10.7. The van der Waals surface area contributed by atoms with Crippen LogP contribution in [-0.4, -0.2) is 13.7 Å². The topological polar surface area (TPSA) is 50.2 Å². The Balaban J connectivity index is 2.46. The van der Waals surface area contributed by atoms with Gasteiger partial charge in [-0.2, -0.15) is 0 Å². The Hall–Kier alpha value is -1.52. The van der Waals surface area contributed by atoms with Crippen molar-refractivity contribution in [3.63, 3.8) is 0 Å². The first-order valence-electron chi connectivity index (χ1n) is 4.39. The van der Waals surface area contributed by atoms with Crippen LogP contribution in [0.4, 0.5) is 0 Å². The molecule has 0 bridgehead atoms. The van der Waals surface area contributed by atoms with Crippen LogP contribution in [0.2, 0.25) is 0 Å². The van der Waals surface area contributed by atoms with Crippen LogP contribution in [-0.2, 0) is 11.1 Å². The van der Waals surface area contributed by atoms with Gasteiger partial charge in [-0.15, -0.1) is 0 Å². The molecule has 1 aromatic carbocycles. The second-order valence-corrected chi connectivity index (χ2v) is 3.98. The average molecular weight is 219 g/mol. The Morgan fingerprint density at radius 3 is 2.47 bits per heavy atom. The fraction of sp³-hybridized carbons (Fsp3) is 0. The predicted octanol–water partition coefficient (Wildman–Crippen LogP) is 2.33. The van der Waals surface area contributed by atoms with Crippen LogP contribution in [0.15, 0.2) is 53.7 Å². The highest BCUT2D eigenvalue weighted by Gasteiger charge is 2.02. The summed E-state index contributed by atoms with van der Waals surface area (Å²) < 4.78 is 19.8. The molecule has 0 aliphatic heterocycles. The number of rotatable bonds is 2. The van der Waals surface area contributed by atoms with Gasteiger partial charge in [0.1, 0.15) is 0 Å². The van der Waals surface area contributed by atoms with E-state index < -0.39 is 11.1 Å². The van der Waals surface area contributed by atoms with Crippen molar-refractivity contribution in [1.29, 1.82) is 0 Å². The Kier molecular flexibility index (Phi) is 2.89. The van der Waals surface area contributed by atoms with Gasteiger partial charge < -0.3 is 4.55 Å². The largest absolute Gasteiger partial charge is 0.302 e. The molecule has 1 aromatic heterocycles. The molecule has 0 fully saturated rings. The van der Waals surface area contributed by atoms with Gasteiger partial charge in [-0.05, 0) is 35.4 Å². The maximum Gasteiger partial charge on any atom is 0.186 e. The number of hydrogen-bond acceptors (Lipinski definition) is 2. The monoisotopic (exact) mass is 219 g/mol. The van der Waals surface area contributed by atoms with Crippen molar-refractivity contribution in [2.75, 3.05) is 0 Å². The van der Waals surface area contributed by atoms with Gasteiger partial charge in [0.15, 0.2) is 11.1 Å². The summed E-state index contributed by atoms with van der Waals surface area (Å²) in [6, 6.07) is 10.7. The zero-order valence-electron chi connectivity index (χ0n) is 7.83. The van der Waals surface area contributed by atoms with Crippen molar-refractivity contribution < 1.29 is 8.76 Å². The van der Waals surface area contributed by atoms with E-state index in [0.29, 0.717) is 4.90 Å². The summed E-state index contributed by atoms with van der Waals surface area (Å²) >= 11 is -1.93. The molecule has 2 aromatic rings. The fourth-order valence-electron chi connectivity index (χ4n) is 1.33. The molecule has 3 nitrogen and oxygen atoms in total. The maximum atomic E-state index is 10.9. The van der Waals surface area contributed by atoms with E-state index >= 15 is 0 Å². The van der Waals surface area contributed by atoms with Gasteiger partial charge in [-0.25, -0.2) is 4.21 Å². The number of hydrogen-bond donors (Lipinski definition) is 1. The van der Waals surface area contributed by atoms with Crippen molar-refractivity contribution in [1.82, 2.24) is 4.98 Å². The number of nitrogens with zero attached hydrogens (tertiary/aromatic N) is 1. The molecule has 1 unspecified atom stereocenters. The van der Waals surface area contributed by atoms with Crippen molar-refractivity contribution in [2.45, 2.75) is 4.90 Å².